The molecule has 2 aromatic rings. The molecule has 124 valence electrons. The number of nitrogens with zero attached hydrogens (tertiary/aromatic N) is 4. The lowest BCUT2D eigenvalue weighted by molar-refractivity contribution is 0.0294. The summed E-state index contributed by atoms with van der Waals surface area (Å²) < 4.78 is 5.22. The van der Waals surface area contributed by atoms with E-state index in [1.807, 2.05) is 18.2 Å². The zero-order valence-electron chi connectivity index (χ0n) is 12.8. The molecule has 0 radical (unpaired) electrons. The van der Waals surface area contributed by atoms with Crippen LogP contribution in [0, 0.1) is 0 Å². The molecule has 1 aliphatic rings. The molecule has 2 heterocycles. The molecule has 3 N–H and O–H groups in total. The molecule has 0 bridgehead atoms. The van der Waals surface area contributed by atoms with Gasteiger partial charge in [0.1, 0.15) is 0 Å². The average molecular weight is 328 g/mol. The van der Waals surface area contributed by atoms with Crippen LogP contribution in [0.4, 0.5) is 11.5 Å². The Labute approximate surface area is 137 Å². The maximum atomic E-state index is 12.4. The molecule has 0 unspecified atom stereocenters. The van der Waals surface area contributed by atoms with E-state index in [1.54, 1.807) is 17.0 Å². The van der Waals surface area contributed by atoms with Crippen molar-refractivity contribution in [2.45, 2.75) is 0 Å². The molecule has 2 amide bonds. The molecule has 3 rings (SSSR count). The lowest BCUT2D eigenvalue weighted by Crippen LogP contribution is -2.41. The highest BCUT2D eigenvalue weighted by atomic mass is 16.5. The van der Waals surface area contributed by atoms with Gasteiger partial charge < -0.3 is 20.7 Å². The third-order valence-corrected chi connectivity index (χ3v) is 3.45. The van der Waals surface area contributed by atoms with E-state index in [0.717, 1.165) is 0 Å². The SMILES string of the molecule is NC(=O)c1nnc(C(=O)N2CCOCC2)nc1Nc1ccccc1. The largest absolute Gasteiger partial charge is 0.378 e. The normalized spacial score (nSPS) is 14.2. The maximum absolute atomic E-state index is 12.4. The fourth-order valence-corrected chi connectivity index (χ4v) is 2.24. The number of hydrogen-bond donors (Lipinski definition) is 2. The van der Waals surface area contributed by atoms with Crippen LogP contribution in [0.25, 0.3) is 0 Å². The Balaban J connectivity index is 1.90. The van der Waals surface area contributed by atoms with Crippen molar-refractivity contribution in [2.75, 3.05) is 31.6 Å². The molecule has 0 spiro atoms. The van der Waals surface area contributed by atoms with E-state index >= 15 is 0 Å². The number of ether oxygens (including phenoxy) is 1. The minimum Gasteiger partial charge on any atom is -0.378 e. The minimum absolute atomic E-state index is 0.0969. The molecule has 0 saturated carbocycles. The summed E-state index contributed by atoms with van der Waals surface area (Å²) in [4.78, 5) is 29.7. The third-order valence-electron chi connectivity index (χ3n) is 3.45. The summed E-state index contributed by atoms with van der Waals surface area (Å²) in [5.41, 5.74) is 5.86. The first-order chi connectivity index (χ1) is 11.6. The Morgan fingerprint density at radius 1 is 1.12 bits per heavy atom. The van der Waals surface area contributed by atoms with Crippen LogP contribution in [0.1, 0.15) is 21.1 Å². The van der Waals surface area contributed by atoms with Gasteiger partial charge in [-0.15, -0.1) is 10.2 Å². The van der Waals surface area contributed by atoms with Gasteiger partial charge >= 0.3 is 0 Å². The first kappa shape index (κ1) is 15.8. The summed E-state index contributed by atoms with van der Waals surface area (Å²) >= 11 is 0. The van der Waals surface area contributed by atoms with Crippen molar-refractivity contribution < 1.29 is 14.3 Å². The molecule has 9 nitrogen and oxygen atoms in total. The van der Waals surface area contributed by atoms with E-state index in [-0.39, 0.29) is 23.2 Å². The molecule has 1 aromatic heterocycles. The second kappa shape index (κ2) is 7.01. The average Bonchev–Trinajstić information content (AvgIpc) is 2.62. The van der Waals surface area contributed by atoms with Gasteiger partial charge in [-0.25, -0.2) is 4.98 Å². The van der Waals surface area contributed by atoms with Crippen molar-refractivity contribution in [2.24, 2.45) is 5.73 Å². The minimum atomic E-state index is -0.779. The summed E-state index contributed by atoms with van der Waals surface area (Å²) in [5, 5.41) is 10.4. The first-order valence-electron chi connectivity index (χ1n) is 7.39. The number of rotatable bonds is 4. The Morgan fingerprint density at radius 2 is 1.83 bits per heavy atom. The summed E-state index contributed by atoms with van der Waals surface area (Å²) in [6, 6.07) is 9.07. The van der Waals surface area contributed by atoms with Crippen LogP contribution >= 0.6 is 0 Å². The second-order valence-electron chi connectivity index (χ2n) is 5.09. The summed E-state index contributed by atoms with van der Waals surface area (Å²) in [6.45, 7) is 1.85. The fraction of sp³-hybridized carbons (Fsp3) is 0.267. The Kier molecular flexibility index (Phi) is 4.62. The van der Waals surface area contributed by atoms with Gasteiger partial charge in [-0.1, -0.05) is 18.2 Å². The molecular weight excluding hydrogens is 312 g/mol. The topological polar surface area (TPSA) is 123 Å². The van der Waals surface area contributed by atoms with Crippen molar-refractivity contribution in [1.82, 2.24) is 20.1 Å². The van der Waals surface area contributed by atoms with Gasteiger partial charge in [0.2, 0.25) is 5.82 Å². The van der Waals surface area contributed by atoms with Crippen LogP contribution in [0.3, 0.4) is 0 Å². The Morgan fingerprint density at radius 3 is 2.50 bits per heavy atom. The van der Waals surface area contributed by atoms with Gasteiger partial charge in [-0.3, -0.25) is 9.59 Å². The smallest absolute Gasteiger partial charge is 0.293 e. The zero-order valence-corrected chi connectivity index (χ0v) is 12.8. The lowest BCUT2D eigenvalue weighted by atomic mass is 10.3. The third kappa shape index (κ3) is 3.46. The lowest BCUT2D eigenvalue weighted by Gasteiger charge is -2.26. The van der Waals surface area contributed by atoms with Crippen LogP contribution in [0.5, 0.6) is 0 Å². The van der Waals surface area contributed by atoms with Crippen LogP contribution in [-0.2, 0) is 4.74 Å². The molecule has 1 aliphatic heterocycles. The highest BCUT2D eigenvalue weighted by Crippen LogP contribution is 2.17. The number of primary amides is 1. The zero-order chi connectivity index (χ0) is 16.9. The fourth-order valence-electron chi connectivity index (χ4n) is 2.24. The number of hydrogen-bond acceptors (Lipinski definition) is 7. The number of nitrogens with one attached hydrogen (secondary N) is 1. The van der Waals surface area contributed by atoms with E-state index in [9.17, 15) is 9.59 Å². The Hall–Kier alpha value is -3.07. The van der Waals surface area contributed by atoms with Gasteiger partial charge in [0.25, 0.3) is 11.8 Å². The maximum Gasteiger partial charge on any atom is 0.293 e. The van der Waals surface area contributed by atoms with Crippen LogP contribution < -0.4 is 11.1 Å². The van der Waals surface area contributed by atoms with Gasteiger partial charge in [0, 0.05) is 18.8 Å². The summed E-state index contributed by atoms with van der Waals surface area (Å²) in [7, 11) is 0. The van der Waals surface area contributed by atoms with Crippen molar-refractivity contribution in [1.29, 1.82) is 0 Å². The summed E-state index contributed by atoms with van der Waals surface area (Å²) in [6.07, 6.45) is 0. The van der Waals surface area contributed by atoms with Crippen LogP contribution in [0.2, 0.25) is 0 Å². The van der Waals surface area contributed by atoms with Crippen LogP contribution in [0.15, 0.2) is 30.3 Å². The van der Waals surface area contributed by atoms with Gasteiger partial charge in [0.05, 0.1) is 13.2 Å². The highest BCUT2D eigenvalue weighted by Gasteiger charge is 2.24. The molecule has 24 heavy (non-hydrogen) atoms. The van der Waals surface area contributed by atoms with Crippen molar-refractivity contribution >= 4 is 23.3 Å². The van der Waals surface area contributed by atoms with E-state index in [0.29, 0.717) is 32.0 Å². The van der Waals surface area contributed by atoms with Gasteiger partial charge in [-0.2, -0.15) is 0 Å². The standard InChI is InChI=1S/C15H16N6O3/c16-12(22)11-13(17-10-4-2-1-3-5-10)18-14(20-19-11)15(23)21-6-8-24-9-7-21/h1-5H,6-9H2,(H2,16,22)(H,17,18,20). The van der Waals surface area contributed by atoms with Gasteiger partial charge in [-0.05, 0) is 12.1 Å². The van der Waals surface area contributed by atoms with Crippen molar-refractivity contribution in [3.8, 4) is 0 Å². The number of morpholine rings is 1. The van der Waals surface area contributed by atoms with Crippen molar-refractivity contribution in [3.63, 3.8) is 0 Å². The van der Waals surface area contributed by atoms with E-state index in [1.165, 1.54) is 0 Å². The van der Waals surface area contributed by atoms with E-state index < -0.39 is 5.91 Å². The molecular formula is C15H16N6O3. The quantitative estimate of drug-likeness (QED) is 0.821. The van der Waals surface area contributed by atoms with E-state index in [4.69, 9.17) is 10.5 Å². The molecule has 0 atom stereocenters. The second-order valence-corrected chi connectivity index (χ2v) is 5.09. The number of carbonyl (C=O) groups excluding carboxylic acids is 2. The first-order valence-corrected chi connectivity index (χ1v) is 7.39. The molecule has 0 aliphatic carbocycles. The number of aromatic nitrogens is 3. The number of anilines is 2. The molecule has 1 aromatic carbocycles. The molecule has 9 heteroatoms. The number of para-hydroxylation sites is 1. The molecule has 1 saturated heterocycles. The van der Waals surface area contributed by atoms with E-state index in [2.05, 4.69) is 20.5 Å². The monoisotopic (exact) mass is 328 g/mol. The number of carbonyl (C=O) groups is 2. The van der Waals surface area contributed by atoms with Crippen LogP contribution in [-0.4, -0.2) is 58.2 Å². The van der Waals surface area contributed by atoms with Crippen molar-refractivity contribution in [3.05, 3.63) is 41.9 Å². The Bertz CT molecular complexity index is 746. The highest BCUT2D eigenvalue weighted by molar-refractivity contribution is 5.97. The number of amides is 2. The van der Waals surface area contributed by atoms with Gasteiger partial charge in [0.15, 0.2) is 11.5 Å². The molecule has 1 fully saturated rings. The predicted molar refractivity (Wildman–Crippen MR) is 84.8 cm³/mol. The summed E-state index contributed by atoms with van der Waals surface area (Å²) in [5.74, 6) is -1.14. The predicted octanol–water partition coefficient (Wildman–Crippen LogP) is 0.187. The number of nitrogens with two attached hydrogens (primary N) is 1. The number of benzene rings is 1.